The van der Waals surface area contributed by atoms with Crippen LogP contribution in [0.3, 0.4) is 0 Å². The lowest BCUT2D eigenvalue weighted by atomic mass is 10.0. The molecule has 0 saturated heterocycles. The number of carbonyl (C=O) groups is 1. The van der Waals surface area contributed by atoms with E-state index in [0.29, 0.717) is 6.54 Å². The molecule has 0 aromatic heterocycles. The summed E-state index contributed by atoms with van der Waals surface area (Å²) in [4.78, 5) is 14.5. The molecule has 0 aliphatic heterocycles. The first kappa shape index (κ1) is 20.4. The average molecular weight is 386 g/mol. The van der Waals surface area contributed by atoms with Crippen molar-refractivity contribution >= 4 is 28.8 Å². The maximum Gasteiger partial charge on any atom is 0.246 e. The van der Waals surface area contributed by atoms with E-state index < -0.39 is 0 Å². The van der Waals surface area contributed by atoms with Gasteiger partial charge in [-0.3, -0.25) is 4.79 Å². The minimum atomic E-state index is 0.0187. The van der Waals surface area contributed by atoms with Gasteiger partial charge in [-0.2, -0.15) is 0 Å². The predicted molar refractivity (Wildman–Crippen MR) is 122 cm³/mol. The zero-order valence-corrected chi connectivity index (χ0v) is 17.0. The molecule has 0 N–H and O–H groups in total. The summed E-state index contributed by atoms with van der Waals surface area (Å²) in [6.45, 7) is 3.40. The van der Waals surface area contributed by atoms with E-state index in [1.807, 2.05) is 41.3 Å². The van der Waals surface area contributed by atoms with Crippen molar-refractivity contribution in [3.8, 4) is 5.75 Å². The van der Waals surface area contributed by atoms with Crippen LogP contribution in [-0.2, 0) is 4.79 Å². The number of methoxy groups -OCH3 is 1. The number of benzene rings is 3. The lowest BCUT2D eigenvalue weighted by molar-refractivity contribution is -0.125. The Morgan fingerprint density at radius 2 is 1.72 bits per heavy atom. The topological polar surface area (TPSA) is 29.5 Å². The van der Waals surface area contributed by atoms with Gasteiger partial charge in [0.2, 0.25) is 5.91 Å². The largest absolute Gasteiger partial charge is 0.497 e. The van der Waals surface area contributed by atoms with Crippen LogP contribution in [-0.4, -0.2) is 31.0 Å². The summed E-state index contributed by atoms with van der Waals surface area (Å²) in [6.07, 6.45) is 8.58. The first-order chi connectivity index (χ1) is 14.2. The van der Waals surface area contributed by atoms with Crippen molar-refractivity contribution in [2.75, 3.05) is 20.2 Å². The fourth-order valence-corrected chi connectivity index (χ4v) is 3.25. The van der Waals surface area contributed by atoms with Crippen LogP contribution in [0.5, 0.6) is 5.75 Å². The van der Waals surface area contributed by atoms with E-state index >= 15 is 0 Å². The van der Waals surface area contributed by atoms with Gasteiger partial charge in [-0.25, -0.2) is 0 Å². The number of carbonyl (C=O) groups excluding carboxylic acids is 1. The van der Waals surface area contributed by atoms with Crippen molar-refractivity contribution in [3.63, 3.8) is 0 Å². The van der Waals surface area contributed by atoms with Gasteiger partial charge in [0.1, 0.15) is 5.75 Å². The van der Waals surface area contributed by atoms with Gasteiger partial charge < -0.3 is 9.64 Å². The molecule has 0 aliphatic carbocycles. The second-order valence-electron chi connectivity index (χ2n) is 6.86. The van der Waals surface area contributed by atoms with Crippen molar-refractivity contribution in [2.24, 2.45) is 0 Å². The maximum absolute atomic E-state index is 12.7. The van der Waals surface area contributed by atoms with Crippen molar-refractivity contribution in [1.82, 2.24) is 4.90 Å². The monoisotopic (exact) mass is 385 g/mol. The molecule has 3 aromatic carbocycles. The Morgan fingerprint density at radius 3 is 2.48 bits per heavy atom. The van der Waals surface area contributed by atoms with Crippen LogP contribution in [0.1, 0.15) is 24.5 Å². The van der Waals surface area contributed by atoms with E-state index in [1.54, 1.807) is 13.2 Å². The molecule has 1 amide bonds. The smallest absolute Gasteiger partial charge is 0.246 e. The van der Waals surface area contributed by atoms with Gasteiger partial charge in [0, 0.05) is 19.2 Å². The van der Waals surface area contributed by atoms with Gasteiger partial charge >= 0.3 is 0 Å². The molecule has 3 aromatic rings. The molecule has 0 fully saturated rings. The summed E-state index contributed by atoms with van der Waals surface area (Å²) < 4.78 is 5.17. The van der Waals surface area contributed by atoms with Crippen molar-refractivity contribution in [3.05, 3.63) is 90.0 Å². The molecular formula is C26H27NO2. The Labute approximate surface area is 172 Å². The summed E-state index contributed by atoms with van der Waals surface area (Å²) >= 11 is 0. The minimum absolute atomic E-state index is 0.0187. The first-order valence-corrected chi connectivity index (χ1v) is 9.96. The fourth-order valence-electron chi connectivity index (χ4n) is 3.25. The SMILES string of the molecule is CCCN(C/C=C/c1cccc2ccccc12)C(=O)/C=C/c1ccc(OC)cc1. The molecule has 148 valence electrons. The third kappa shape index (κ3) is 5.58. The van der Waals surface area contributed by atoms with Crippen LogP contribution in [0.4, 0.5) is 0 Å². The quantitative estimate of drug-likeness (QED) is 0.458. The fraction of sp³-hybridized carbons (Fsp3) is 0.192. The van der Waals surface area contributed by atoms with Crippen molar-refractivity contribution in [1.29, 1.82) is 0 Å². The summed E-state index contributed by atoms with van der Waals surface area (Å²) in [6, 6.07) is 22.3. The van der Waals surface area contributed by atoms with Crippen LogP contribution in [0, 0.1) is 0 Å². The molecular weight excluding hydrogens is 358 g/mol. The maximum atomic E-state index is 12.7. The summed E-state index contributed by atoms with van der Waals surface area (Å²) in [5.41, 5.74) is 2.14. The molecule has 0 saturated carbocycles. The summed E-state index contributed by atoms with van der Waals surface area (Å²) in [5.74, 6) is 0.824. The van der Waals surface area contributed by atoms with Gasteiger partial charge in [0.15, 0.2) is 0 Å². The molecule has 0 atom stereocenters. The van der Waals surface area contributed by atoms with Crippen LogP contribution in [0.15, 0.2) is 78.9 Å². The molecule has 0 spiro atoms. The Bertz CT molecular complexity index is 997. The number of nitrogens with zero attached hydrogens (tertiary/aromatic N) is 1. The number of hydrogen-bond acceptors (Lipinski definition) is 2. The standard InChI is InChI=1S/C26H27NO2/c1-3-19-27(26(28)18-15-21-13-16-24(29-2)17-14-21)20-7-11-23-10-6-9-22-8-4-5-12-25(22)23/h4-18H,3,19-20H2,1-2H3/b11-7+,18-15+. The highest BCUT2D eigenvalue weighted by Gasteiger charge is 2.07. The number of ether oxygens (including phenoxy) is 1. The number of amides is 1. The predicted octanol–water partition coefficient (Wildman–Crippen LogP) is 5.81. The van der Waals surface area contributed by atoms with Gasteiger partial charge in [-0.05, 0) is 46.5 Å². The number of fused-ring (bicyclic) bond motifs is 1. The zero-order valence-electron chi connectivity index (χ0n) is 17.0. The normalized spacial score (nSPS) is 11.4. The van der Waals surface area contributed by atoms with E-state index in [1.165, 1.54) is 16.3 Å². The summed E-state index contributed by atoms with van der Waals surface area (Å²) in [7, 11) is 1.64. The third-order valence-electron chi connectivity index (χ3n) is 4.79. The third-order valence-corrected chi connectivity index (χ3v) is 4.79. The van der Waals surface area contributed by atoms with E-state index in [9.17, 15) is 4.79 Å². The van der Waals surface area contributed by atoms with Gasteiger partial charge in [0.25, 0.3) is 0 Å². The second-order valence-corrected chi connectivity index (χ2v) is 6.86. The Morgan fingerprint density at radius 1 is 0.966 bits per heavy atom. The first-order valence-electron chi connectivity index (χ1n) is 9.96. The average Bonchev–Trinajstić information content (AvgIpc) is 2.77. The molecule has 3 nitrogen and oxygen atoms in total. The lowest BCUT2D eigenvalue weighted by Gasteiger charge is -2.18. The Hall–Kier alpha value is -3.33. The van der Waals surface area contributed by atoms with Crippen molar-refractivity contribution in [2.45, 2.75) is 13.3 Å². The van der Waals surface area contributed by atoms with E-state index in [4.69, 9.17) is 4.74 Å². The van der Waals surface area contributed by atoms with Crippen molar-refractivity contribution < 1.29 is 9.53 Å². The van der Waals surface area contributed by atoms with Gasteiger partial charge in [-0.15, -0.1) is 0 Å². The van der Waals surface area contributed by atoms with Crippen LogP contribution in [0.2, 0.25) is 0 Å². The number of rotatable bonds is 8. The van der Waals surface area contributed by atoms with Crippen LogP contribution in [0.25, 0.3) is 22.9 Å². The second kappa shape index (κ2) is 10.3. The zero-order chi connectivity index (χ0) is 20.5. The van der Waals surface area contributed by atoms with E-state index in [-0.39, 0.29) is 5.91 Å². The molecule has 0 unspecified atom stereocenters. The molecule has 0 radical (unpaired) electrons. The molecule has 0 heterocycles. The highest BCUT2D eigenvalue weighted by atomic mass is 16.5. The Kier molecular flexibility index (Phi) is 7.23. The minimum Gasteiger partial charge on any atom is -0.497 e. The lowest BCUT2D eigenvalue weighted by Crippen LogP contribution is -2.30. The highest BCUT2D eigenvalue weighted by molar-refractivity contribution is 5.92. The van der Waals surface area contributed by atoms with E-state index in [2.05, 4.69) is 55.5 Å². The molecule has 3 rings (SSSR count). The van der Waals surface area contributed by atoms with Gasteiger partial charge in [-0.1, -0.05) is 73.7 Å². The molecule has 0 bridgehead atoms. The summed E-state index contributed by atoms with van der Waals surface area (Å²) in [5, 5.41) is 2.44. The van der Waals surface area contributed by atoms with E-state index in [0.717, 1.165) is 24.3 Å². The highest BCUT2D eigenvalue weighted by Crippen LogP contribution is 2.19. The molecule has 3 heteroatoms. The molecule has 29 heavy (non-hydrogen) atoms. The number of hydrogen-bond donors (Lipinski definition) is 0. The van der Waals surface area contributed by atoms with Crippen LogP contribution < -0.4 is 4.74 Å². The Balaban J connectivity index is 1.67. The van der Waals surface area contributed by atoms with Gasteiger partial charge in [0.05, 0.1) is 7.11 Å². The van der Waals surface area contributed by atoms with Crippen LogP contribution >= 0.6 is 0 Å². The molecule has 0 aliphatic rings.